The van der Waals surface area contributed by atoms with Crippen molar-refractivity contribution in [2.45, 2.75) is 19.6 Å². The van der Waals surface area contributed by atoms with Gasteiger partial charge in [0.05, 0.1) is 0 Å². The second kappa shape index (κ2) is 2.26. The van der Waals surface area contributed by atoms with Crippen LogP contribution in [0, 0.1) is 0 Å². The predicted molar refractivity (Wildman–Crippen MR) is 26.4 cm³/mol. The predicted octanol–water partition coefficient (Wildman–Crippen LogP) is -0.134. The van der Waals surface area contributed by atoms with E-state index in [2.05, 4.69) is 10.3 Å². The fourth-order valence-corrected chi connectivity index (χ4v) is 0.250. The van der Waals surface area contributed by atoms with Crippen molar-refractivity contribution in [1.82, 2.24) is 5.48 Å². The lowest BCUT2D eigenvalue weighted by Gasteiger charge is -2.15. The second-order valence-corrected chi connectivity index (χ2v) is 1.75. The largest absolute Gasteiger partial charge is 0.365 e. The van der Waals surface area contributed by atoms with Crippen molar-refractivity contribution in [3.63, 3.8) is 0 Å². The molecule has 44 valence electrons. The molecule has 0 saturated carbocycles. The Kier molecular flexibility index (Phi) is 2.22. The summed E-state index contributed by atoms with van der Waals surface area (Å²) >= 11 is 0. The average molecular weight is 105 g/mol. The minimum atomic E-state index is -1.06. The third kappa shape index (κ3) is 5.88. The van der Waals surface area contributed by atoms with Crippen LogP contribution in [0.15, 0.2) is 0 Å². The highest BCUT2D eigenvalue weighted by Gasteiger charge is 2.09. The Labute approximate surface area is 43.2 Å². The fourth-order valence-electron chi connectivity index (χ4n) is 0.250. The first-order chi connectivity index (χ1) is 3.06. The van der Waals surface area contributed by atoms with Crippen LogP contribution in [-0.2, 0) is 4.84 Å². The molecule has 3 heteroatoms. The first-order valence-corrected chi connectivity index (χ1v) is 2.13. The van der Waals surface area contributed by atoms with Crippen LogP contribution in [0.2, 0.25) is 0 Å². The van der Waals surface area contributed by atoms with Gasteiger partial charge in [-0.3, -0.25) is 4.84 Å². The molecule has 0 aliphatic heterocycles. The zero-order valence-corrected chi connectivity index (χ0v) is 4.86. The van der Waals surface area contributed by atoms with Crippen molar-refractivity contribution in [2.24, 2.45) is 0 Å². The SMILES string of the molecule is CNOC(C)(C)O. The molecule has 0 aromatic carbocycles. The van der Waals surface area contributed by atoms with Crippen LogP contribution in [0.5, 0.6) is 0 Å². The Bertz CT molecular complexity index is 48.1. The zero-order valence-electron chi connectivity index (χ0n) is 4.86. The summed E-state index contributed by atoms with van der Waals surface area (Å²) < 4.78 is 0. The molecular weight excluding hydrogens is 94.0 g/mol. The molecule has 0 atom stereocenters. The van der Waals surface area contributed by atoms with E-state index in [1.165, 1.54) is 0 Å². The molecule has 0 spiro atoms. The second-order valence-electron chi connectivity index (χ2n) is 1.75. The number of hydrogen-bond acceptors (Lipinski definition) is 3. The van der Waals surface area contributed by atoms with Gasteiger partial charge in [0.25, 0.3) is 0 Å². The summed E-state index contributed by atoms with van der Waals surface area (Å²) in [6.45, 7) is 3.09. The van der Waals surface area contributed by atoms with Gasteiger partial charge in [0.1, 0.15) is 0 Å². The van der Waals surface area contributed by atoms with Gasteiger partial charge < -0.3 is 5.11 Å². The molecular formula is C4H11NO2. The minimum Gasteiger partial charge on any atom is -0.365 e. The van der Waals surface area contributed by atoms with Crippen LogP contribution in [0.4, 0.5) is 0 Å². The molecule has 0 bridgehead atoms. The Morgan fingerprint density at radius 1 is 1.57 bits per heavy atom. The van der Waals surface area contributed by atoms with Gasteiger partial charge >= 0.3 is 0 Å². The van der Waals surface area contributed by atoms with E-state index >= 15 is 0 Å². The van der Waals surface area contributed by atoms with E-state index in [1.54, 1.807) is 20.9 Å². The van der Waals surface area contributed by atoms with Crippen LogP contribution in [0.1, 0.15) is 13.8 Å². The summed E-state index contributed by atoms with van der Waals surface area (Å²) in [6, 6.07) is 0. The van der Waals surface area contributed by atoms with Crippen molar-refractivity contribution in [1.29, 1.82) is 0 Å². The van der Waals surface area contributed by atoms with Gasteiger partial charge in [0, 0.05) is 7.05 Å². The monoisotopic (exact) mass is 105 g/mol. The normalized spacial score (nSPS) is 12.0. The third-order valence-electron chi connectivity index (χ3n) is 0.352. The molecule has 3 nitrogen and oxygen atoms in total. The minimum absolute atomic E-state index is 1.06. The first-order valence-electron chi connectivity index (χ1n) is 2.13. The maximum absolute atomic E-state index is 8.73. The average Bonchev–Trinajstić information content (AvgIpc) is 1.30. The topological polar surface area (TPSA) is 41.5 Å². The maximum atomic E-state index is 8.73. The molecule has 7 heavy (non-hydrogen) atoms. The van der Waals surface area contributed by atoms with Crippen molar-refractivity contribution < 1.29 is 9.94 Å². The summed E-state index contributed by atoms with van der Waals surface area (Å²) in [4.78, 5) is 4.53. The van der Waals surface area contributed by atoms with Crippen LogP contribution in [-0.4, -0.2) is 17.9 Å². The van der Waals surface area contributed by atoms with Gasteiger partial charge in [-0.25, -0.2) is 5.48 Å². The fraction of sp³-hybridized carbons (Fsp3) is 1.00. The molecule has 0 heterocycles. The molecule has 0 aliphatic carbocycles. The van der Waals surface area contributed by atoms with Gasteiger partial charge in [0.2, 0.25) is 0 Å². The number of hydroxylamine groups is 1. The molecule has 0 aromatic heterocycles. The lowest BCUT2D eigenvalue weighted by atomic mass is 10.4. The van der Waals surface area contributed by atoms with E-state index in [1.807, 2.05) is 0 Å². The molecule has 0 unspecified atom stereocenters. The van der Waals surface area contributed by atoms with Gasteiger partial charge in [-0.1, -0.05) is 0 Å². The van der Waals surface area contributed by atoms with E-state index in [4.69, 9.17) is 5.11 Å². The lowest BCUT2D eigenvalue weighted by molar-refractivity contribution is -0.210. The summed E-state index contributed by atoms with van der Waals surface area (Å²) in [5.41, 5.74) is 2.36. The van der Waals surface area contributed by atoms with Gasteiger partial charge in [-0.2, -0.15) is 0 Å². The quantitative estimate of drug-likeness (QED) is 0.379. The number of rotatable bonds is 2. The molecule has 0 saturated heterocycles. The Morgan fingerprint density at radius 3 is 2.00 bits per heavy atom. The van der Waals surface area contributed by atoms with Gasteiger partial charge in [-0.15, -0.1) is 0 Å². The summed E-state index contributed by atoms with van der Waals surface area (Å²) in [5, 5.41) is 8.73. The van der Waals surface area contributed by atoms with E-state index in [0.717, 1.165) is 0 Å². The van der Waals surface area contributed by atoms with E-state index in [0.29, 0.717) is 0 Å². The van der Waals surface area contributed by atoms with Crippen LogP contribution in [0.25, 0.3) is 0 Å². The Balaban J connectivity index is 3.15. The van der Waals surface area contributed by atoms with E-state index in [-0.39, 0.29) is 0 Å². The van der Waals surface area contributed by atoms with Crippen LogP contribution < -0.4 is 5.48 Å². The van der Waals surface area contributed by atoms with Crippen molar-refractivity contribution in [3.8, 4) is 0 Å². The first kappa shape index (κ1) is 6.88. The van der Waals surface area contributed by atoms with Crippen molar-refractivity contribution >= 4 is 0 Å². The number of hydrogen-bond donors (Lipinski definition) is 2. The lowest BCUT2D eigenvalue weighted by Crippen LogP contribution is -2.29. The molecule has 0 fully saturated rings. The third-order valence-corrected chi connectivity index (χ3v) is 0.352. The molecule has 0 rings (SSSR count). The maximum Gasteiger partial charge on any atom is 0.179 e. The Morgan fingerprint density at radius 2 is 2.00 bits per heavy atom. The number of aliphatic hydroxyl groups is 1. The summed E-state index contributed by atoms with van der Waals surface area (Å²) in [7, 11) is 1.60. The zero-order chi connectivity index (χ0) is 5.91. The van der Waals surface area contributed by atoms with Crippen molar-refractivity contribution in [2.75, 3.05) is 7.05 Å². The molecule has 0 aliphatic rings. The molecule has 2 N–H and O–H groups in total. The van der Waals surface area contributed by atoms with Crippen LogP contribution >= 0.6 is 0 Å². The van der Waals surface area contributed by atoms with Crippen LogP contribution in [0.3, 0.4) is 0 Å². The van der Waals surface area contributed by atoms with Gasteiger partial charge in [0.15, 0.2) is 5.79 Å². The Hall–Kier alpha value is -0.120. The molecule has 0 amide bonds. The smallest absolute Gasteiger partial charge is 0.179 e. The van der Waals surface area contributed by atoms with E-state index < -0.39 is 5.79 Å². The van der Waals surface area contributed by atoms with Gasteiger partial charge in [-0.05, 0) is 13.8 Å². The highest BCUT2D eigenvalue weighted by molar-refractivity contribution is 4.42. The van der Waals surface area contributed by atoms with E-state index in [9.17, 15) is 0 Å². The molecule has 0 radical (unpaired) electrons. The number of nitrogens with one attached hydrogen (secondary N) is 1. The highest BCUT2D eigenvalue weighted by Crippen LogP contribution is 1.97. The summed E-state index contributed by atoms with van der Waals surface area (Å²) in [5.74, 6) is -1.06. The summed E-state index contributed by atoms with van der Waals surface area (Å²) in [6.07, 6.45) is 0. The highest BCUT2D eigenvalue weighted by atomic mass is 16.7. The van der Waals surface area contributed by atoms with Crippen molar-refractivity contribution in [3.05, 3.63) is 0 Å². The standard InChI is InChI=1S/C4H11NO2/c1-4(2,6)7-5-3/h5-6H,1-3H3. The molecule has 0 aromatic rings.